The summed E-state index contributed by atoms with van der Waals surface area (Å²) in [6.45, 7) is 0.651. The van der Waals surface area contributed by atoms with Crippen molar-refractivity contribution in [2.24, 2.45) is 0 Å². The minimum Gasteiger partial charge on any atom is -0.387 e. The molecule has 1 atom stereocenters. The van der Waals surface area contributed by atoms with Crippen LogP contribution in [0.25, 0.3) is 10.8 Å². The summed E-state index contributed by atoms with van der Waals surface area (Å²) in [6, 6.07) is 15.0. The average Bonchev–Trinajstić information content (AvgIpc) is 3.19. The monoisotopic (exact) mass is 227 g/mol. The van der Waals surface area contributed by atoms with Gasteiger partial charge in [-0.3, -0.25) is 0 Å². The zero-order chi connectivity index (χ0) is 11.7. The lowest BCUT2D eigenvalue weighted by atomic mass is 10.0. The van der Waals surface area contributed by atoms with E-state index in [1.165, 1.54) is 18.2 Å². The number of hydrogen-bond donors (Lipinski definition) is 2. The molecular formula is C15H17NO. The van der Waals surface area contributed by atoms with Gasteiger partial charge in [0.25, 0.3) is 0 Å². The molecular weight excluding hydrogens is 210 g/mol. The zero-order valence-corrected chi connectivity index (χ0v) is 9.76. The van der Waals surface area contributed by atoms with Crippen LogP contribution >= 0.6 is 0 Å². The molecule has 0 aromatic heterocycles. The van der Waals surface area contributed by atoms with Crippen molar-refractivity contribution in [2.45, 2.75) is 25.0 Å². The smallest absolute Gasteiger partial charge is 0.0920 e. The normalized spacial score (nSPS) is 17.2. The highest BCUT2D eigenvalue weighted by Gasteiger charge is 2.22. The lowest BCUT2D eigenvalue weighted by molar-refractivity contribution is 0.176. The van der Waals surface area contributed by atoms with Crippen molar-refractivity contribution >= 4 is 10.8 Å². The molecule has 2 aromatic rings. The summed E-state index contributed by atoms with van der Waals surface area (Å²) in [5, 5.41) is 15.9. The summed E-state index contributed by atoms with van der Waals surface area (Å²) in [5.74, 6) is 0. The van der Waals surface area contributed by atoms with Gasteiger partial charge in [-0.2, -0.15) is 0 Å². The van der Waals surface area contributed by atoms with Crippen LogP contribution < -0.4 is 5.32 Å². The maximum absolute atomic E-state index is 10.2. The second kappa shape index (κ2) is 4.47. The summed E-state index contributed by atoms with van der Waals surface area (Å²) in [7, 11) is 0. The number of fused-ring (bicyclic) bond motifs is 1. The maximum Gasteiger partial charge on any atom is 0.0920 e. The quantitative estimate of drug-likeness (QED) is 0.841. The molecule has 1 aliphatic carbocycles. The topological polar surface area (TPSA) is 32.3 Å². The van der Waals surface area contributed by atoms with Gasteiger partial charge < -0.3 is 10.4 Å². The van der Waals surface area contributed by atoms with Gasteiger partial charge in [0.1, 0.15) is 0 Å². The predicted molar refractivity (Wildman–Crippen MR) is 69.9 cm³/mol. The number of nitrogens with one attached hydrogen (secondary N) is 1. The van der Waals surface area contributed by atoms with E-state index in [-0.39, 0.29) is 0 Å². The molecule has 3 rings (SSSR count). The summed E-state index contributed by atoms with van der Waals surface area (Å²) in [6.07, 6.45) is 2.09. The first-order valence-electron chi connectivity index (χ1n) is 6.24. The molecule has 2 N–H and O–H groups in total. The molecule has 2 aromatic carbocycles. The Balaban J connectivity index is 1.87. The average molecular weight is 227 g/mol. The fourth-order valence-corrected chi connectivity index (χ4v) is 2.22. The molecule has 2 heteroatoms. The van der Waals surface area contributed by atoms with Gasteiger partial charge in [-0.05, 0) is 29.2 Å². The number of hydrogen-bond acceptors (Lipinski definition) is 2. The molecule has 0 amide bonds. The van der Waals surface area contributed by atoms with E-state index in [9.17, 15) is 5.11 Å². The molecule has 1 fully saturated rings. The van der Waals surface area contributed by atoms with E-state index in [4.69, 9.17) is 0 Å². The van der Waals surface area contributed by atoms with Crippen LogP contribution in [0.2, 0.25) is 0 Å². The summed E-state index contributed by atoms with van der Waals surface area (Å²) >= 11 is 0. The van der Waals surface area contributed by atoms with Crippen LogP contribution in [0.4, 0.5) is 0 Å². The molecule has 2 nitrogen and oxygen atoms in total. The zero-order valence-electron chi connectivity index (χ0n) is 9.76. The molecule has 1 unspecified atom stereocenters. The van der Waals surface area contributed by atoms with Gasteiger partial charge in [0, 0.05) is 12.6 Å². The molecule has 0 aliphatic heterocycles. The Bertz CT molecular complexity index is 514. The van der Waals surface area contributed by atoms with Gasteiger partial charge in [-0.25, -0.2) is 0 Å². The third-order valence-corrected chi connectivity index (χ3v) is 3.36. The Labute approximate surface area is 101 Å². The Kier molecular flexibility index (Phi) is 2.83. The molecule has 0 radical (unpaired) electrons. The van der Waals surface area contributed by atoms with Gasteiger partial charge in [-0.1, -0.05) is 42.5 Å². The van der Waals surface area contributed by atoms with Crippen LogP contribution in [0.3, 0.4) is 0 Å². The summed E-state index contributed by atoms with van der Waals surface area (Å²) in [5.41, 5.74) is 1.02. The van der Waals surface area contributed by atoms with Crippen molar-refractivity contribution in [2.75, 3.05) is 6.54 Å². The molecule has 1 saturated carbocycles. The summed E-state index contributed by atoms with van der Waals surface area (Å²) in [4.78, 5) is 0. The number of aliphatic hydroxyl groups excluding tert-OH is 1. The SMILES string of the molecule is OC(CNC1CC1)c1cccc2ccccc12. The van der Waals surface area contributed by atoms with E-state index in [0.717, 1.165) is 10.9 Å². The van der Waals surface area contributed by atoms with Gasteiger partial charge in [0.2, 0.25) is 0 Å². The first-order chi connectivity index (χ1) is 8.34. The lowest BCUT2D eigenvalue weighted by Crippen LogP contribution is -2.23. The predicted octanol–water partition coefficient (Wildman–Crippen LogP) is 2.63. The van der Waals surface area contributed by atoms with Crippen molar-refractivity contribution in [1.82, 2.24) is 5.32 Å². The number of rotatable bonds is 4. The second-order valence-electron chi connectivity index (χ2n) is 4.77. The van der Waals surface area contributed by atoms with Crippen molar-refractivity contribution in [3.8, 4) is 0 Å². The van der Waals surface area contributed by atoms with E-state index in [0.29, 0.717) is 12.6 Å². The third-order valence-electron chi connectivity index (χ3n) is 3.36. The van der Waals surface area contributed by atoms with Crippen LogP contribution in [0.15, 0.2) is 42.5 Å². The maximum atomic E-state index is 10.2. The standard InChI is InChI=1S/C15H17NO/c17-15(10-16-12-8-9-12)14-7-3-5-11-4-1-2-6-13(11)14/h1-7,12,15-17H,8-10H2. The van der Waals surface area contributed by atoms with E-state index >= 15 is 0 Å². The molecule has 0 spiro atoms. The van der Waals surface area contributed by atoms with E-state index in [1.54, 1.807) is 0 Å². The first kappa shape index (κ1) is 10.8. The van der Waals surface area contributed by atoms with Crippen LogP contribution in [-0.4, -0.2) is 17.7 Å². The van der Waals surface area contributed by atoms with Gasteiger partial charge >= 0.3 is 0 Å². The first-order valence-corrected chi connectivity index (χ1v) is 6.24. The van der Waals surface area contributed by atoms with Gasteiger partial charge in [0.05, 0.1) is 6.10 Å². The highest BCUT2D eigenvalue weighted by Crippen LogP contribution is 2.25. The fourth-order valence-electron chi connectivity index (χ4n) is 2.22. The van der Waals surface area contributed by atoms with Crippen molar-refractivity contribution in [3.63, 3.8) is 0 Å². The molecule has 0 heterocycles. The number of benzene rings is 2. The van der Waals surface area contributed by atoms with Crippen LogP contribution in [-0.2, 0) is 0 Å². The number of aliphatic hydroxyl groups is 1. The molecule has 0 saturated heterocycles. The molecule has 88 valence electrons. The van der Waals surface area contributed by atoms with Crippen LogP contribution in [0.5, 0.6) is 0 Å². The Morgan fingerprint density at radius 1 is 1.12 bits per heavy atom. The van der Waals surface area contributed by atoms with Crippen molar-refractivity contribution in [1.29, 1.82) is 0 Å². The minimum absolute atomic E-state index is 0.415. The van der Waals surface area contributed by atoms with E-state index < -0.39 is 6.10 Å². The Morgan fingerprint density at radius 3 is 2.71 bits per heavy atom. The highest BCUT2D eigenvalue weighted by atomic mass is 16.3. The van der Waals surface area contributed by atoms with Crippen LogP contribution in [0.1, 0.15) is 24.5 Å². The third kappa shape index (κ3) is 2.33. The second-order valence-corrected chi connectivity index (χ2v) is 4.77. The van der Waals surface area contributed by atoms with Crippen LogP contribution in [0, 0.1) is 0 Å². The molecule has 17 heavy (non-hydrogen) atoms. The fraction of sp³-hybridized carbons (Fsp3) is 0.333. The Hall–Kier alpha value is -1.38. The van der Waals surface area contributed by atoms with Crippen molar-refractivity contribution < 1.29 is 5.11 Å². The highest BCUT2D eigenvalue weighted by molar-refractivity contribution is 5.85. The largest absolute Gasteiger partial charge is 0.387 e. The van der Waals surface area contributed by atoms with E-state index in [1.807, 2.05) is 24.3 Å². The minimum atomic E-state index is -0.415. The van der Waals surface area contributed by atoms with Gasteiger partial charge in [0.15, 0.2) is 0 Å². The summed E-state index contributed by atoms with van der Waals surface area (Å²) < 4.78 is 0. The molecule has 0 bridgehead atoms. The lowest BCUT2D eigenvalue weighted by Gasteiger charge is -2.14. The van der Waals surface area contributed by atoms with Crippen molar-refractivity contribution in [3.05, 3.63) is 48.0 Å². The van der Waals surface area contributed by atoms with E-state index in [2.05, 4.69) is 23.5 Å². The Morgan fingerprint density at radius 2 is 1.88 bits per heavy atom. The molecule has 1 aliphatic rings. The van der Waals surface area contributed by atoms with Gasteiger partial charge in [-0.15, -0.1) is 0 Å².